The minimum atomic E-state index is -0.363. The lowest BCUT2D eigenvalue weighted by Gasteiger charge is -2.56. The molecule has 1 aliphatic carbocycles. The molecule has 2 fully saturated rings. The molecule has 1 saturated carbocycles. The number of rotatable bonds is 6. The molecule has 3 N–H and O–H groups in total. The number of piperidine rings is 1. The van der Waals surface area contributed by atoms with E-state index in [0.717, 1.165) is 12.8 Å². The van der Waals surface area contributed by atoms with Crippen molar-refractivity contribution >= 4 is 18.3 Å². The molecule has 2 atom stereocenters. The van der Waals surface area contributed by atoms with Gasteiger partial charge in [-0.15, -0.1) is 12.4 Å². The number of carbonyl (C=O) groups is 1. The molecular weight excluding hydrogens is 372 g/mol. The molecule has 1 heterocycles. The summed E-state index contributed by atoms with van der Waals surface area (Å²) in [5, 5.41) is 10.3. The summed E-state index contributed by atoms with van der Waals surface area (Å²) in [6, 6.07) is 5.20. The third-order valence-electron chi connectivity index (χ3n) is 5.80. The highest BCUT2D eigenvalue weighted by atomic mass is 35.5. The minimum absolute atomic E-state index is 0. The standard InChI is InChI=1S/C19H28N2O5.ClH/c1-24-13-3-4-14(15(11-13)25-2)18(23)21-8-5-19(6-9-21)16(22)12-17(19)26-10-7-20;/h3-4,11,16-17,22H,5-10,12,20H2,1-2H3;1H/t16-,17+;/m1./s1. The van der Waals surface area contributed by atoms with Crippen molar-refractivity contribution in [2.24, 2.45) is 11.1 Å². The normalized spacial score (nSPS) is 23.3. The maximum Gasteiger partial charge on any atom is 0.257 e. The molecule has 152 valence electrons. The van der Waals surface area contributed by atoms with E-state index < -0.39 is 0 Å². The predicted octanol–water partition coefficient (Wildman–Crippen LogP) is 1.46. The Balaban J connectivity index is 0.00000261. The third-order valence-corrected chi connectivity index (χ3v) is 5.80. The van der Waals surface area contributed by atoms with Crippen LogP contribution in [0.4, 0.5) is 0 Å². The van der Waals surface area contributed by atoms with Gasteiger partial charge in [-0.2, -0.15) is 0 Å². The van der Waals surface area contributed by atoms with Crippen LogP contribution < -0.4 is 15.2 Å². The minimum Gasteiger partial charge on any atom is -0.497 e. The van der Waals surface area contributed by atoms with E-state index in [1.54, 1.807) is 32.4 Å². The molecule has 1 aromatic carbocycles. The highest BCUT2D eigenvalue weighted by molar-refractivity contribution is 5.97. The smallest absolute Gasteiger partial charge is 0.257 e. The number of aliphatic hydroxyl groups excluding tert-OH is 1. The van der Waals surface area contributed by atoms with E-state index >= 15 is 0 Å². The van der Waals surface area contributed by atoms with Crippen molar-refractivity contribution in [3.63, 3.8) is 0 Å². The number of hydrogen-bond donors (Lipinski definition) is 2. The number of carbonyl (C=O) groups excluding carboxylic acids is 1. The molecule has 27 heavy (non-hydrogen) atoms. The highest BCUT2D eigenvalue weighted by Crippen LogP contribution is 2.51. The second-order valence-corrected chi connectivity index (χ2v) is 6.99. The Morgan fingerprint density at radius 2 is 2.00 bits per heavy atom. The summed E-state index contributed by atoms with van der Waals surface area (Å²) in [7, 11) is 3.12. The molecule has 8 heteroatoms. The van der Waals surface area contributed by atoms with Crippen LogP contribution in [0, 0.1) is 5.41 Å². The topological polar surface area (TPSA) is 94.2 Å². The molecule has 3 rings (SSSR count). The van der Waals surface area contributed by atoms with Gasteiger partial charge in [-0.3, -0.25) is 4.79 Å². The van der Waals surface area contributed by atoms with Crippen LogP contribution in [0.25, 0.3) is 0 Å². The molecule has 1 aliphatic heterocycles. The number of amides is 1. The van der Waals surface area contributed by atoms with Gasteiger partial charge >= 0.3 is 0 Å². The van der Waals surface area contributed by atoms with E-state index in [1.807, 2.05) is 4.90 Å². The lowest BCUT2D eigenvalue weighted by atomic mass is 9.58. The highest BCUT2D eigenvalue weighted by Gasteiger charge is 2.56. The van der Waals surface area contributed by atoms with Gasteiger partial charge in [-0.25, -0.2) is 0 Å². The van der Waals surface area contributed by atoms with Gasteiger partial charge in [0.25, 0.3) is 5.91 Å². The Morgan fingerprint density at radius 1 is 1.30 bits per heavy atom. The van der Waals surface area contributed by atoms with Gasteiger partial charge in [0.05, 0.1) is 38.6 Å². The van der Waals surface area contributed by atoms with Crippen molar-refractivity contribution in [1.82, 2.24) is 4.90 Å². The van der Waals surface area contributed by atoms with Crippen LogP contribution in [0.1, 0.15) is 29.6 Å². The lowest BCUT2D eigenvalue weighted by molar-refractivity contribution is -0.207. The molecule has 1 aromatic rings. The number of hydrogen-bond acceptors (Lipinski definition) is 6. The van der Waals surface area contributed by atoms with E-state index in [1.165, 1.54) is 0 Å². The van der Waals surface area contributed by atoms with Crippen molar-refractivity contribution in [3.8, 4) is 11.5 Å². The summed E-state index contributed by atoms with van der Waals surface area (Å²) in [6.07, 6.45) is 1.79. The Bertz CT molecular complexity index is 649. The summed E-state index contributed by atoms with van der Waals surface area (Å²) >= 11 is 0. The molecular formula is C19H29ClN2O5. The molecule has 0 bridgehead atoms. The molecule has 0 radical (unpaired) electrons. The Labute approximate surface area is 166 Å². The quantitative estimate of drug-likeness (QED) is 0.750. The van der Waals surface area contributed by atoms with Gasteiger partial charge in [-0.05, 0) is 25.0 Å². The number of ether oxygens (including phenoxy) is 3. The molecule has 0 aromatic heterocycles. The summed E-state index contributed by atoms with van der Waals surface area (Å²) in [6.45, 7) is 2.16. The van der Waals surface area contributed by atoms with Crippen LogP contribution in [0.15, 0.2) is 18.2 Å². The zero-order valence-electron chi connectivity index (χ0n) is 15.8. The lowest BCUT2D eigenvalue weighted by Crippen LogP contribution is -2.62. The van der Waals surface area contributed by atoms with Crippen LogP contribution in [-0.2, 0) is 4.74 Å². The first-order chi connectivity index (χ1) is 12.6. The first-order valence-electron chi connectivity index (χ1n) is 9.06. The Hall–Kier alpha value is -1.54. The number of methoxy groups -OCH3 is 2. The zero-order chi connectivity index (χ0) is 18.7. The molecule has 0 unspecified atom stereocenters. The first-order valence-corrected chi connectivity index (χ1v) is 9.06. The second kappa shape index (κ2) is 9.10. The van der Waals surface area contributed by atoms with Crippen LogP contribution in [0.3, 0.4) is 0 Å². The van der Waals surface area contributed by atoms with Crippen molar-refractivity contribution in [2.45, 2.75) is 31.5 Å². The summed E-state index contributed by atoms with van der Waals surface area (Å²) in [5.41, 5.74) is 5.80. The van der Waals surface area contributed by atoms with E-state index in [2.05, 4.69) is 0 Å². The molecule has 1 spiro atoms. The third kappa shape index (κ3) is 4.01. The van der Waals surface area contributed by atoms with E-state index in [0.29, 0.717) is 49.7 Å². The predicted molar refractivity (Wildman–Crippen MR) is 104 cm³/mol. The number of benzene rings is 1. The number of likely N-dealkylation sites (tertiary alicyclic amines) is 1. The number of aliphatic hydroxyl groups is 1. The Kier molecular flexibility index (Phi) is 7.33. The number of nitrogens with zero attached hydrogens (tertiary/aromatic N) is 1. The Morgan fingerprint density at radius 3 is 2.56 bits per heavy atom. The average molecular weight is 401 g/mol. The molecule has 1 saturated heterocycles. The first kappa shape index (κ1) is 21.8. The van der Waals surface area contributed by atoms with Crippen molar-refractivity contribution in [2.75, 3.05) is 40.5 Å². The fourth-order valence-electron chi connectivity index (χ4n) is 4.10. The monoisotopic (exact) mass is 400 g/mol. The molecule has 2 aliphatic rings. The van der Waals surface area contributed by atoms with Gasteiger partial charge in [0.15, 0.2) is 0 Å². The van der Waals surface area contributed by atoms with Crippen molar-refractivity contribution < 1.29 is 24.1 Å². The summed E-state index contributed by atoms with van der Waals surface area (Å²) < 4.78 is 16.3. The van der Waals surface area contributed by atoms with Gasteiger partial charge in [-0.1, -0.05) is 0 Å². The van der Waals surface area contributed by atoms with Crippen LogP contribution >= 0.6 is 12.4 Å². The van der Waals surface area contributed by atoms with Crippen LogP contribution in [0.2, 0.25) is 0 Å². The molecule has 7 nitrogen and oxygen atoms in total. The second-order valence-electron chi connectivity index (χ2n) is 6.99. The average Bonchev–Trinajstić information content (AvgIpc) is 2.69. The van der Waals surface area contributed by atoms with E-state index in [4.69, 9.17) is 19.9 Å². The fraction of sp³-hybridized carbons (Fsp3) is 0.632. The SMILES string of the molecule is COc1ccc(C(=O)N2CCC3(CC2)[C@H](O)C[C@@H]3OCCN)c(OC)c1.Cl. The summed E-state index contributed by atoms with van der Waals surface area (Å²) in [4.78, 5) is 14.7. The zero-order valence-corrected chi connectivity index (χ0v) is 16.7. The number of nitrogens with two attached hydrogens (primary N) is 1. The van der Waals surface area contributed by atoms with Gasteiger partial charge in [0.1, 0.15) is 11.5 Å². The number of halogens is 1. The fourth-order valence-corrected chi connectivity index (χ4v) is 4.10. The van der Waals surface area contributed by atoms with Gasteiger partial charge in [0.2, 0.25) is 0 Å². The maximum absolute atomic E-state index is 12.9. The van der Waals surface area contributed by atoms with Crippen molar-refractivity contribution in [3.05, 3.63) is 23.8 Å². The summed E-state index contributed by atoms with van der Waals surface area (Å²) in [5.74, 6) is 1.09. The van der Waals surface area contributed by atoms with Crippen LogP contribution in [0.5, 0.6) is 11.5 Å². The largest absolute Gasteiger partial charge is 0.497 e. The van der Waals surface area contributed by atoms with Crippen LogP contribution in [-0.4, -0.2) is 68.6 Å². The molecule has 1 amide bonds. The van der Waals surface area contributed by atoms with Gasteiger partial charge in [0, 0.05) is 37.5 Å². The van der Waals surface area contributed by atoms with Crippen molar-refractivity contribution in [1.29, 1.82) is 0 Å². The van der Waals surface area contributed by atoms with E-state index in [-0.39, 0.29) is 35.9 Å². The maximum atomic E-state index is 12.9. The van der Waals surface area contributed by atoms with Gasteiger partial charge < -0.3 is 30.0 Å². The van der Waals surface area contributed by atoms with E-state index in [9.17, 15) is 9.90 Å².